The molecule has 0 saturated heterocycles. The fourth-order valence-electron chi connectivity index (χ4n) is 2.07. The number of rotatable bonds is 2. The molecule has 0 bridgehead atoms. The van der Waals surface area contributed by atoms with Crippen molar-refractivity contribution in [3.63, 3.8) is 0 Å². The molecule has 0 amide bonds. The van der Waals surface area contributed by atoms with Gasteiger partial charge in [-0.05, 0) is 25.2 Å². The maximum absolute atomic E-state index is 4.16. The quantitative estimate of drug-likeness (QED) is 0.752. The van der Waals surface area contributed by atoms with E-state index in [2.05, 4.69) is 36.0 Å². The first-order valence-corrected chi connectivity index (χ1v) is 5.82. The first kappa shape index (κ1) is 9.90. The van der Waals surface area contributed by atoms with Crippen LogP contribution in [-0.4, -0.2) is 23.3 Å². The maximum atomic E-state index is 4.16. The van der Waals surface area contributed by atoms with Gasteiger partial charge in [-0.15, -0.1) is 10.2 Å². The van der Waals surface area contributed by atoms with Gasteiger partial charge in [-0.25, -0.2) is 0 Å². The molecule has 0 N–H and O–H groups in total. The van der Waals surface area contributed by atoms with Gasteiger partial charge in [0, 0.05) is 13.1 Å². The van der Waals surface area contributed by atoms with Gasteiger partial charge in [-0.1, -0.05) is 25.2 Å². The van der Waals surface area contributed by atoms with E-state index >= 15 is 0 Å². The van der Waals surface area contributed by atoms with Crippen LogP contribution in [0.2, 0.25) is 0 Å². The summed E-state index contributed by atoms with van der Waals surface area (Å²) >= 11 is 1.68. The smallest absolute Gasteiger partial charge is 0.208 e. The predicted octanol–water partition coefficient (Wildman–Crippen LogP) is 2.47. The fraction of sp³-hybridized carbons (Fsp3) is 0.800. The number of aromatic nitrogens is 2. The van der Waals surface area contributed by atoms with Gasteiger partial charge < -0.3 is 4.90 Å². The average molecular weight is 211 g/mol. The van der Waals surface area contributed by atoms with Gasteiger partial charge in [0.1, 0.15) is 5.01 Å². The van der Waals surface area contributed by atoms with E-state index < -0.39 is 0 Å². The molecule has 4 heteroatoms. The van der Waals surface area contributed by atoms with E-state index in [9.17, 15) is 0 Å². The molecular weight excluding hydrogens is 194 g/mol. The van der Waals surface area contributed by atoms with Crippen LogP contribution in [0.25, 0.3) is 0 Å². The SMILES string of the molecule is Cc1nnc(N(C)C2CC(C)(C)C2)s1. The van der Waals surface area contributed by atoms with Crippen LogP contribution in [-0.2, 0) is 0 Å². The Balaban J connectivity index is 2.00. The molecule has 0 radical (unpaired) electrons. The molecule has 0 spiro atoms. The third-order valence-electron chi connectivity index (χ3n) is 2.94. The number of nitrogens with zero attached hydrogens (tertiary/aromatic N) is 3. The van der Waals surface area contributed by atoms with E-state index in [0.29, 0.717) is 11.5 Å². The molecule has 1 aromatic heterocycles. The summed E-state index contributed by atoms with van der Waals surface area (Å²) in [7, 11) is 2.12. The average Bonchev–Trinajstić information content (AvgIpc) is 2.46. The van der Waals surface area contributed by atoms with Crippen molar-refractivity contribution in [1.29, 1.82) is 0 Å². The third-order valence-corrected chi connectivity index (χ3v) is 3.87. The van der Waals surface area contributed by atoms with Crippen molar-refractivity contribution in [2.24, 2.45) is 5.41 Å². The molecule has 1 saturated carbocycles. The van der Waals surface area contributed by atoms with Gasteiger partial charge in [0.25, 0.3) is 0 Å². The lowest BCUT2D eigenvalue weighted by molar-refractivity contribution is 0.150. The molecule has 2 rings (SSSR count). The molecule has 0 aromatic carbocycles. The Morgan fingerprint density at radius 2 is 2.00 bits per heavy atom. The van der Waals surface area contributed by atoms with Gasteiger partial charge >= 0.3 is 0 Å². The Morgan fingerprint density at radius 3 is 2.43 bits per heavy atom. The molecule has 1 aliphatic carbocycles. The zero-order valence-corrected chi connectivity index (χ0v) is 10.1. The first-order chi connectivity index (χ1) is 6.48. The normalized spacial score (nSPS) is 20.6. The van der Waals surface area contributed by atoms with Gasteiger partial charge in [-0.2, -0.15) is 0 Å². The molecule has 14 heavy (non-hydrogen) atoms. The van der Waals surface area contributed by atoms with Crippen molar-refractivity contribution < 1.29 is 0 Å². The third kappa shape index (κ3) is 1.75. The Morgan fingerprint density at radius 1 is 1.36 bits per heavy atom. The van der Waals surface area contributed by atoms with E-state index in [1.54, 1.807) is 11.3 Å². The lowest BCUT2D eigenvalue weighted by Gasteiger charge is -2.46. The molecule has 3 nitrogen and oxygen atoms in total. The van der Waals surface area contributed by atoms with Crippen molar-refractivity contribution in [2.75, 3.05) is 11.9 Å². The lowest BCUT2D eigenvalue weighted by Crippen LogP contribution is -2.47. The number of hydrogen-bond donors (Lipinski definition) is 0. The van der Waals surface area contributed by atoms with E-state index in [-0.39, 0.29) is 0 Å². The summed E-state index contributed by atoms with van der Waals surface area (Å²) in [4.78, 5) is 2.27. The minimum Gasteiger partial charge on any atom is -0.347 e. The van der Waals surface area contributed by atoms with Crippen LogP contribution in [0.3, 0.4) is 0 Å². The highest BCUT2D eigenvalue weighted by atomic mass is 32.1. The Kier molecular flexibility index (Phi) is 2.26. The van der Waals surface area contributed by atoms with Crippen molar-refractivity contribution in [3.05, 3.63) is 5.01 Å². The summed E-state index contributed by atoms with van der Waals surface area (Å²) in [6, 6.07) is 0.664. The number of aryl methyl sites for hydroxylation is 1. The molecular formula is C10H17N3S. The minimum atomic E-state index is 0.526. The van der Waals surface area contributed by atoms with Gasteiger partial charge in [0.2, 0.25) is 5.13 Å². The molecule has 1 heterocycles. The summed E-state index contributed by atoms with van der Waals surface area (Å²) in [5.74, 6) is 0. The van der Waals surface area contributed by atoms with Crippen LogP contribution in [0.1, 0.15) is 31.7 Å². The second kappa shape index (κ2) is 3.19. The number of hydrogen-bond acceptors (Lipinski definition) is 4. The lowest BCUT2D eigenvalue weighted by atomic mass is 9.68. The largest absolute Gasteiger partial charge is 0.347 e. The zero-order valence-electron chi connectivity index (χ0n) is 9.24. The zero-order chi connectivity index (χ0) is 10.3. The Hall–Kier alpha value is -0.640. The summed E-state index contributed by atoms with van der Waals surface area (Å²) in [6.07, 6.45) is 2.53. The Bertz CT molecular complexity index is 324. The topological polar surface area (TPSA) is 29.0 Å². The van der Waals surface area contributed by atoms with E-state index in [1.165, 1.54) is 12.8 Å². The highest BCUT2D eigenvalue weighted by Gasteiger charge is 2.39. The van der Waals surface area contributed by atoms with Gasteiger partial charge in [0.05, 0.1) is 0 Å². The second-order valence-electron chi connectivity index (χ2n) is 4.94. The fourth-order valence-corrected chi connectivity index (χ4v) is 2.80. The minimum absolute atomic E-state index is 0.526. The number of anilines is 1. The molecule has 1 fully saturated rings. The molecule has 78 valence electrons. The van der Waals surface area contributed by atoms with Crippen molar-refractivity contribution in [2.45, 2.75) is 39.7 Å². The van der Waals surface area contributed by atoms with Crippen molar-refractivity contribution in [3.8, 4) is 0 Å². The van der Waals surface area contributed by atoms with Crippen molar-refractivity contribution >= 4 is 16.5 Å². The second-order valence-corrected chi connectivity index (χ2v) is 6.10. The highest BCUT2D eigenvalue weighted by molar-refractivity contribution is 7.15. The van der Waals surface area contributed by atoms with Crippen LogP contribution in [0, 0.1) is 12.3 Å². The van der Waals surface area contributed by atoms with Gasteiger partial charge in [-0.3, -0.25) is 0 Å². The van der Waals surface area contributed by atoms with Crippen LogP contribution < -0.4 is 4.90 Å². The van der Waals surface area contributed by atoms with Crippen LogP contribution in [0.15, 0.2) is 0 Å². The van der Waals surface area contributed by atoms with Crippen molar-refractivity contribution in [1.82, 2.24) is 10.2 Å². The standard InChI is InChI=1S/C10H17N3S/c1-7-11-12-9(14-7)13(4)8-5-10(2,3)6-8/h8H,5-6H2,1-4H3. The monoisotopic (exact) mass is 211 g/mol. The maximum Gasteiger partial charge on any atom is 0.208 e. The highest BCUT2D eigenvalue weighted by Crippen LogP contribution is 2.43. The molecule has 1 aromatic rings. The predicted molar refractivity (Wildman–Crippen MR) is 59.9 cm³/mol. The van der Waals surface area contributed by atoms with Gasteiger partial charge in [0.15, 0.2) is 0 Å². The Labute approximate surface area is 89.2 Å². The molecule has 0 atom stereocenters. The van der Waals surface area contributed by atoms with E-state index in [4.69, 9.17) is 0 Å². The first-order valence-electron chi connectivity index (χ1n) is 5.01. The van der Waals surface area contributed by atoms with E-state index in [0.717, 1.165) is 10.1 Å². The van der Waals surface area contributed by atoms with Crippen LogP contribution in [0.5, 0.6) is 0 Å². The molecule has 0 unspecified atom stereocenters. The molecule has 0 aliphatic heterocycles. The summed E-state index contributed by atoms with van der Waals surface area (Å²) < 4.78 is 0. The summed E-state index contributed by atoms with van der Waals surface area (Å²) in [6.45, 7) is 6.64. The molecule has 1 aliphatic rings. The van der Waals surface area contributed by atoms with E-state index in [1.807, 2.05) is 6.92 Å². The van der Waals surface area contributed by atoms with Crippen LogP contribution in [0.4, 0.5) is 5.13 Å². The summed E-state index contributed by atoms with van der Waals surface area (Å²) in [5, 5.41) is 10.3. The van der Waals surface area contributed by atoms with Crippen LogP contribution >= 0.6 is 11.3 Å². The summed E-state index contributed by atoms with van der Waals surface area (Å²) in [5.41, 5.74) is 0.526.